The summed E-state index contributed by atoms with van der Waals surface area (Å²) in [4.78, 5) is 10.5. The molecule has 6 nitrogen and oxygen atoms in total. The summed E-state index contributed by atoms with van der Waals surface area (Å²) in [5, 5.41) is 13.7. The van der Waals surface area contributed by atoms with Gasteiger partial charge in [0.2, 0.25) is 0 Å². The summed E-state index contributed by atoms with van der Waals surface area (Å²) < 4.78 is 10.6. The Labute approximate surface area is 110 Å². The van der Waals surface area contributed by atoms with Gasteiger partial charge >= 0.3 is 0 Å². The number of nitrogens with one attached hydrogen (secondary N) is 1. The van der Waals surface area contributed by atoms with Crippen LogP contribution in [0.4, 0.5) is 11.4 Å². The van der Waals surface area contributed by atoms with Crippen LogP contribution in [0.3, 0.4) is 0 Å². The van der Waals surface area contributed by atoms with Crippen LogP contribution in [0.5, 0.6) is 0 Å². The molecule has 100 valence electrons. The van der Waals surface area contributed by atoms with Crippen molar-refractivity contribution in [1.82, 2.24) is 0 Å². The summed E-state index contributed by atoms with van der Waals surface area (Å²) in [6, 6.07) is 8.49. The lowest BCUT2D eigenvalue weighted by atomic mass is 10.1. The zero-order chi connectivity index (χ0) is 13.7. The Bertz CT molecular complexity index is 552. The van der Waals surface area contributed by atoms with E-state index in [1.165, 1.54) is 6.07 Å². The highest BCUT2D eigenvalue weighted by atomic mass is 16.6. The standard InChI is InChI=1S/C13H14N2O4/c1-14-13-10(4-2-6-12(13)15(16)17)8-18-9-11-5-3-7-19-11/h2-7,14H,8-9H2,1H3. The molecule has 0 atom stereocenters. The van der Waals surface area contributed by atoms with E-state index in [2.05, 4.69) is 5.32 Å². The lowest BCUT2D eigenvalue weighted by Gasteiger charge is -2.09. The average Bonchev–Trinajstić information content (AvgIpc) is 2.91. The Morgan fingerprint density at radius 2 is 2.16 bits per heavy atom. The second-order valence-corrected chi connectivity index (χ2v) is 3.89. The Balaban J connectivity index is 2.07. The zero-order valence-electron chi connectivity index (χ0n) is 10.5. The molecule has 1 N–H and O–H groups in total. The summed E-state index contributed by atoms with van der Waals surface area (Å²) in [7, 11) is 1.65. The van der Waals surface area contributed by atoms with Gasteiger partial charge in [0, 0.05) is 18.7 Å². The molecule has 0 radical (unpaired) electrons. The van der Waals surface area contributed by atoms with E-state index in [4.69, 9.17) is 9.15 Å². The number of rotatable bonds is 6. The number of nitro benzene ring substituents is 1. The van der Waals surface area contributed by atoms with Gasteiger partial charge in [-0.05, 0) is 12.1 Å². The molecule has 2 rings (SSSR count). The van der Waals surface area contributed by atoms with E-state index < -0.39 is 4.92 Å². The molecule has 0 aliphatic carbocycles. The Kier molecular flexibility index (Phi) is 4.15. The van der Waals surface area contributed by atoms with Crippen molar-refractivity contribution in [3.05, 3.63) is 58.0 Å². The minimum Gasteiger partial charge on any atom is -0.467 e. The minimum absolute atomic E-state index is 0.0431. The fourth-order valence-corrected chi connectivity index (χ4v) is 1.80. The van der Waals surface area contributed by atoms with Crippen LogP contribution in [0.25, 0.3) is 0 Å². The van der Waals surface area contributed by atoms with Crippen LogP contribution in [-0.4, -0.2) is 12.0 Å². The SMILES string of the molecule is CNc1c(COCc2ccco2)cccc1[N+](=O)[O-]. The van der Waals surface area contributed by atoms with Crippen LogP contribution in [0, 0.1) is 10.1 Å². The Morgan fingerprint density at radius 3 is 2.79 bits per heavy atom. The first-order valence-electron chi connectivity index (χ1n) is 5.76. The number of furan rings is 1. The molecule has 0 amide bonds. The predicted molar refractivity (Wildman–Crippen MR) is 69.8 cm³/mol. The minimum atomic E-state index is -0.415. The number of nitro groups is 1. The molecular formula is C13H14N2O4. The van der Waals surface area contributed by atoms with E-state index in [1.807, 2.05) is 6.07 Å². The third-order valence-corrected chi connectivity index (χ3v) is 2.66. The van der Waals surface area contributed by atoms with Crippen molar-refractivity contribution >= 4 is 11.4 Å². The molecule has 0 aliphatic heterocycles. The van der Waals surface area contributed by atoms with Crippen molar-refractivity contribution in [2.75, 3.05) is 12.4 Å². The van der Waals surface area contributed by atoms with Crippen molar-refractivity contribution < 1.29 is 14.1 Å². The van der Waals surface area contributed by atoms with Gasteiger partial charge in [0.1, 0.15) is 18.1 Å². The number of nitrogens with zero attached hydrogens (tertiary/aromatic N) is 1. The molecule has 0 fully saturated rings. The topological polar surface area (TPSA) is 77.5 Å². The smallest absolute Gasteiger partial charge is 0.292 e. The van der Waals surface area contributed by atoms with Crippen LogP contribution in [0.2, 0.25) is 0 Å². The largest absolute Gasteiger partial charge is 0.467 e. The maximum absolute atomic E-state index is 10.9. The van der Waals surface area contributed by atoms with E-state index in [-0.39, 0.29) is 12.3 Å². The van der Waals surface area contributed by atoms with Crippen LogP contribution in [0.15, 0.2) is 41.0 Å². The van der Waals surface area contributed by atoms with Crippen molar-refractivity contribution in [3.63, 3.8) is 0 Å². The third kappa shape index (κ3) is 3.11. The number of benzene rings is 1. The van der Waals surface area contributed by atoms with Crippen molar-refractivity contribution in [2.45, 2.75) is 13.2 Å². The Hall–Kier alpha value is -2.34. The zero-order valence-corrected chi connectivity index (χ0v) is 10.5. The summed E-state index contributed by atoms with van der Waals surface area (Å²) in [6.45, 7) is 0.609. The molecule has 1 aromatic carbocycles. The second kappa shape index (κ2) is 6.01. The number of hydrogen-bond donors (Lipinski definition) is 1. The van der Waals surface area contributed by atoms with E-state index in [0.29, 0.717) is 12.3 Å². The van der Waals surface area contributed by atoms with Gasteiger partial charge in [-0.3, -0.25) is 10.1 Å². The highest BCUT2D eigenvalue weighted by molar-refractivity contribution is 5.65. The maximum Gasteiger partial charge on any atom is 0.292 e. The molecule has 0 bridgehead atoms. The highest BCUT2D eigenvalue weighted by Gasteiger charge is 2.15. The lowest BCUT2D eigenvalue weighted by Crippen LogP contribution is -2.02. The van der Waals surface area contributed by atoms with E-state index in [1.54, 1.807) is 31.5 Å². The average molecular weight is 262 g/mol. The highest BCUT2D eigenvalue weighted by Crippen LogP contribution is 2.28. The summed E-state index contributed by atoms with van der Waals surface area (Å²) >= 11 is 0. The van der Waals surface area contributed by atoms with Crippen LogP contribution in [0.1, 0.15) is 11.3 Å². The van der Waals surface area contributed by atoms with Crippen molar-refractivity contribution in [1.29, 1.82) is 0 Å². The normalized spacial score (nSPS) is 10.4. The molecule has 0 aliphatic rings. The molecule has 19 heavy (non-hydrogen) atoms. The Morgan fingerprint density at radius 1 is 1.32 bits per heavy atom. The number of ether oxygens (including phenoxy) is 1. The third-order valence-electron chi connectivity index (χ3n) is 2.66. The number of anilines is 1. The van der Waals surface area contributed by atoms with Gasteiger partial charge in [0.05, 0.1) is 17.8 Å². The van der Waals surface area contributed by atoms with Crippen LogP contribution < -0.4 is 5.32 Å². The number of hydrogen-bond acceptors (Lipinski definition) is 5. The van der Waals surface area contributed by atoms with Gasteiger partial charge in [-0.1, -0.05) is 12.1 Å². The molecule has 0 unspecified atom stereocenters. The molecule has 1 heterocycles. The fraction of sp³-hybridized carbons (Fsp3) is 0.231. The maximum atomic E-state index is 10.9. The fourth-order valence-electron chi connectivity index (χ4n) is 1.80. The first-order chi connectivity index (χ1) is 9.22. The van der Waals surface area contributed by atoms with E-state index in [0.717, 1.165) is 11.3 Å². The van der Waals surface area contributed by atoms with Crippen LogP contribution >= 0.6 is 0 Å². The lowest BCUT2D eigenvalue weighted by molar-refractivity contribution is -0.384. The predicted octanol–water partition coefficient (Wildman–Crippen LogP) is 2.95. The molecule has 1 aromatic heterocycles. The van der Waals surface area contributed by atoms with E-state index in [9.17, 15) is 10.1 Å². The van der Waals surface area contributed by atoms with Gasteiger partial charge in [-0.2, -0.15) is 0 Å². The first-order valence-corrected chi connectivity index (χ1v) is 5.76. The monoisotopic (exact) mass is 262 g/mol. The van der Waals surface area contributed by atoms with Gasteiger partial charge in [-0.15, -0.1) is 0 Å². The van der Waals surface area contributed by atoms with E-state index >= 15 is 0 Å². The van der Waals surface area contributed by atoms with Gasteiger partial charge < -0.3 is 14.5 Å². The molecule has 0 saturated carbocycles. The van der Waals surface area contributed by atoms with Crippen molar-refractivity contribution in [3.8, 4) is 0 Å². The molecule has 2 aromatic rings. The number of para-hydroxylation sites is 1. The van der Waals surface area contributed by atoms with Gasteiger partial charge in [-0.25, -0.2) is 0 Å². The summed E-state index contributed by atoms with van der Waals surface area (Å²) in [5.41, 5.74) is 1.26. The molecule has 0 saturated heterocycles. The summed E-state index contributed by atoms with van der Waals surface area (Å²) in [5.74, 6) is 0.719. The first kappa shape index (κ1) is 13.1. The molecule has 6 heteroatoms. The quantitative estimate of drug-likeness (QED) is 0.639. The van der Waals surface area contributed by atoms with Gasteiger partial charge in [0.25, 0.3) is 5.69 Å². The summed E-state index contributed by atoms with van der Waals surface area (Å²) in [6.07, 6.45) is 1.57. The van der Waals surface area contributed by atoms with Crippen LogP contribution in [-0.2, 0) is 18.0 Å². The molecular weight excluding hydrogens is 248 g/mol. The van der Waals surface area contributed by atoms with Crippen molar-refractivity contribution in [2.24, 2.45) is 0 Å². The molecule has 0 spiro atoms. The second-order valence-electron chi connectivity index (χ2n) is 3.89. The van der Waals surface area contributed by atoms with Gasteiger partial charge in [0.15, 0.2) is 0 Å².